The van der Waals surface area contributed by atoms with E-state index in [-0.39, 0.29) is 11.5 Å². The largest absolute Gasteiger partial charge is 0.478 e. The summed E-state index contributed by atoms with van der Waals surface area (Å²) in [5.41, 5.74) is 2.56. The fraction of sp³-hybridized carbons (Fsp3) is 0.0909. The first kappa shape index (κ1) is 14.5. The van der Waals surface area contributed by atoms with Crippen LogP contribution in [0.1, 0.15) is 26.4 Å². The Morgan fingerprint density at radius 1 is 1.19 bits per heavy atom. The van der Waals surface area contributed by atoms with Gasteiger partial charge in [-0.2, -0.15) is 13.2 Å². The highest BCUT2D eigenvalue weighted by Crippen LogP contribution is 2.33. The average Bonchev–Trinajstić information content (AvgIpc) is 2.84. The number of carbonyl (C=O) groups excluding carboxylic acids is 1. The van der Waals surface area contributed by atoms with Gasteiger partial charge in [-0.05, 0) is 12.1 Å². The molecule has 0 aliphatic rings. The van der Waals surface area contributed by atoms with Crippen LogP contribution in [0.2, 0.25) is 0 Å². The number of rotatable bonds is 3. The molecule has 7 nitrogen and oxygen atoms in total. The number of hydrogen-bond donors (Lipinski definition) is 2. The summed E-state index contributed by atoms with van der Waals surface area (Å²) in [5, 5.41) is 15.7. The first-order valence-corrected chi connectivity index (χ1v) is 5.36. The van der Waals surface area contributed by atoms with Crippen molar-refractivity contribution in [3.8, 4) is 5.82 Å². The minimum atomic E-state index is -4.82. The van der Waals surface area contributed by atoms with Crippen LogP contribution in [-0.2, 0) is 6.18 Å². The molecule has 10 heteroatoms. The third kappa shape index (κ3) is 2.83. The lowest BCUT2D eigenvalue weighted by Crippen LogP contribution is -2.14. The van der Waals surface area contributed by atoms with Gasteiger partial charge in [0.2, 0.25) is 0 Å². The number of aromatic nitrogens is 3. The van der Waals surface area contributed by atoms with Crippen molar-refractivity contribution in [1.82, 2.24) is 14.8 Å². The van der Waals surface area contributed by atoms with Crippen molar-refractivity contribution in [2.75, 3.05) is 0 Å². The number of hydrogen-bond acceptors (Lipinski definition) is 4. The van der Waals surface area contributed by atoms with E-state index in [0.29, 0.717) is 6.20 Å². The molecule has 0 aliphatic carbocycles. The lowest BCUT2D eigenvalue weighted by atomic mass is 10.2. The highest BCUT2D eigenvalue weighted by molar-refractivity contribution is 5.90. The van der Waals surface area contributed by atoms with Gasteiger partial charge in [-0.25, -0.2) is 4.79 Å². The Hall–Kier alpha value is -2.91. The molecular weight excluding hydrogens is 293 g/mol. The van der Waals surface area contributed by atoms with Gasteiger partial charge in [0.25, 0.3) is 5.91 Å². The number of nitrogens with two attached hydrogens (primary N) is 1. The molecule has 1 amide bonds. The Morgan fingerprint density at radius 2 is 1.86 bits per heavy atom. The van der Waals surface area contributed by atoms with Crippen LogP contribution in [0.4, 0.5) is 13.2 Å². The van der Waals surface area contributed by atoms with Gasteiger partial charge in [0.1, 0.15) is 0 Å². The predicted molar refractivity (Wildman–Crippen MR) is 61.8 cm³/mol. The topological polar surface area (TPSA) is 111 Å². The van der Waals surface area contributed by atoms with Crippen LogP contribution in [0.25, 0.3) is 5.82 Å². The molecule has 2 aromatic heterocycles. The van der Waals surface area contributed by atoms with Crippen molar-refractivity contribution >= 4 is 11.9 Å². The van der Waals surface area contributed by atoms with E-state index in [4.69, 9.17) is 10.8 Å². The zero-order chi connectivity index (χ0) is 15.8. The summed E-state index contributed by atoms with van der Waals surface area (Å²) in [6.07, 6.45) is -3.48. The summed E-state index contributed by atoms with van der Waals surface area (Å²) in [7, 11) is 0. The van der Waals surface area contributed by atoms with Crippen LogP contribution >= 0.6 is 0 Å². The lowest BCUT2D eigenvalue weighted by molar-refractivity contribution is -0.138. The Morgan fingerprint density at radius 3 is 2.24 bits per heavy atom. The van der Waals surface area contributed by atoms with Crippen molar-refractivity contribution in [2.45, 2.75) is 6.18 Å². The second kappa shape index (κ2) is 4.89. The van der Waals surface area contributed by atoms with Crippen LogP contribution in [-0.4, -0.2) is 31.7 Å². The summed E-state index contributed by atoms with van der Waals surface area (Å²) in [6, 6.07) is 2.36. The SMILES string of the molecule is NC(=O)c1ccc(-n2cc(C(=O)O)c(C(F)(F)F)c2)nn1. The third-order valence-electron chi connectivity index (χ3n) is 2.53. The van der Waals surface area contributed by atoms with Gasteiger partial charge < -0.3 is 15.4 Å². The normalized spacial score (nSPS) is 11.4. The van der Waals surface area contributed by atoms with Crippen molar-refractivity contribution in [3.63, 3.8) is 0 Å². The molecule has 2 heterocycles. The van der Waals surface area contributed by atoms with Crippen molar-refractivity contribution in [2.24, 2.45) is 5.73 Å². The molecule has 110 valence electrons. The van der Waals surface area contributed by atoms with Gasteiger partial charge in [0.15, 0.2) is 11.5 Å². The van der Waals surface area contributed by atoms with E-state index in [1.54, 1.807) is 0 Å². The molecular formula is C11H7F3N4O3. The highest BCUT2D eigenvalue weighted by atomic mass is 19.4. The molecule has 0 saturated carbocycles. The quantitative estimate of drug-likeness (QED) is 0.881. The van der Waals surface area contributed by atoms with Crippen molar-refractivity contribution in [3.05, 3.63) is 41.3 Å². The minimum Gasteiger partial charge on any atom is -0.478 e. The predicted octanol–water partition coefficient (Wildman–Crippen LogP) is 1.08. The van der Waals surface area contributed by atoms with E-state index in [9.17, 15) is 22.8 Å². The average molecular weight is 300 g/mol. The van der Waals surface area contributed by atoms with Gasteiger partial charge in [-0.3, -0.25) is 4.79 Å². The van der Waals surface area contributed by atoms with Crippen LogP contribution < -0.4 is 5.73 Å². The number of alkyl halides is 3. The monoisotopic (exact) mass is 300 g/mol. The van der Waals surface area contributed by atoms with Crippen LogP contribution in [0.3, 0.4) is 0 Å². The Bertz CT molecular complexity index is 706. The molecule has 21 heavy (non-hydrogen) atoms. The zero-order valence-corrected chi connectivity index (χ0v) is 10.1. The molecule has 2 aromatic rings. The summed E-state index contributed by atoms with van der Waals surface area (Å²) in [5.74, 6) is -2.65. The van der Waals surface area contributed by atoms with Gasteiger partial charge in [0.05, 0.1) is 11.1 Å². The summed E-state index contributed by atoms with van der Waals surface area (Å²) >= 11 is 0. The van der Waals surface area contributed by atoms with E-state index in [2.05, 4.69) is 10.2 Å². The molecule has 0 aromatic carbocycles. The zero-order valence-electron chi connectivity index (χ0n) is 10.1. The van der Waals surface area contributed by atoms with E-state index in [1.165, 1.54) is 12.1 Å². The molecule has 3 N–H and O–H groups in total. The molecule has 0 bridgehead atoms. The van der Waals surface area contributed by atoms with Crippen LogP contribution in [0.5, 0.6) is 0 Å². The Labute approximate surface area is 114 Å². The van der Waals surface area contributed by atoms with E-state index < -0.39 is 29.2 Å². The summed E-state index contributed by atoms with van der Waals surface area (Å²) in [4.78, 5) is 21.7. The van der Waals surface area contributed by atoms with Gasteiger partial charge >= 0.3 is 12.1 Å². The molecule has 0 atom stereocenters. The van der Waals surface area contributed by atoms with Crippen molar-refractivity contribution < 1.29 is 27.9 Å². The number of nitrogens with zero attached hydrogens (tertiary/aromatic N) is 3. The smallest absolute Gasteiger partial charge is 0.418 e. The Kier molecular flexibility index (Phi) is 3.37. The van der Waals surface area contributed by atoms with Gasteiger partial charge in [-0.15, -0.1) is 10.2 Å². The maximum Gasteiger partial charge on any atom is 0.418 e. The number of amides is 1. The number of carbonyl (C=O) groups is 2. The molecule has 2 rings (SSSR count). The van der Waals surface area contributed by atoms with Crippen molar-refractivity contribution in [1.29, 1.82) is 0 Å². The van der Waals surface area contributed by atoms with E-state index in [0.717, 1.165) is 10.8 Å². The first-order valence-electron chi connectivity index (χ1n) is 5.36. The van der Waals surface area contributed by atoms with Gasteiger partial charge in [-0.1, -0.05) is 0 Å². The fourth-order valence-electron chi connectivity index (χ4n) is 1.58. The van der Waals surface area contributed by atoms with E-state index >= 15 is 0 Å². The van der Waals surface area contributed by atoms with Gasteiger partial charge in [0, 0.05) is 12.4 Å². The number of halogens is 3. The molecule has 0 saturated heterocycles. The minimum absolute atomic E-state index is 0.0852. The standard InChI is InChI=1S/C11H7F3N4O3/c12-11(13,14)6-4-18(3-5(6)10(20)21)8-2-1-7(9(15)19)16-17-8/h1-4H,(H2,15,19)(H,20,21). The number of carboxylic acid groups (broad SMARTS) is 1. The van der Waals surface area contributed by atoms with E-state index in [1.807, 2.05) is 0 Å². The maximum absolute atomic E-state index is 12.7. The second-order valence-corrected chi connectivity index (χ2v) is 3.94. The maximum atomic E-state index is 12.7. The fourth-order valence-corrected chi connectivity index (χ4v) is 1.58. The third-order valence-corrected chi connectivity index (χ3v) is 2.53. The number of carboxylic acids is 1. The molecule has 0 spiro atoms. The number of primary amides is 1. The number of aromatic carboxylic acids is 1. The molecule has 0 aliphatic heterocycles. The second-order valence-electron chi connectivity index (χ2n) is 3.94. The molecule has 0 fully saturated rings. The molecule has 0 radical (unpaired) electrons. The first-order chi connectivity index (χ1) is 9.70. The highest BCUT2D eigenvalue weighted by Gasteiger charge is 2.37. The van der Waals surface area contributed by atoms with Crippen LogP contribution in [0.15, 0.2) is 24.5 Å². The lowest BCUT2D eigenvalue weighted by Gasteiger charge is -2.04. The summed E-state index contributed by atoms with van der Waals surface area (Å²) in [6.45, 7) is 0. The summed E-state index contributed by atoms with van der Waals surface area (Å²) < 4.78 is 39.1. The van der Waals surface area contributed by atoms with Crippen LogP contribution in [0, 0.1) is 0 Å². The Balaban J connectivity index is 2.50. The molecule has 0 unspecified atom stereocenters.